The molecule has 98 valence electrons. The molecule has 2 atom stereocenters. The second-order valence-corrected chi connectivity index (χ2v) is 6.02. The van der Waals surface area contributed by atoms with Gasteiger partial charge in [-0.25, -0.2) is 0 Å². The summed E-state index contributed by atoms with van der Waals surface area (Å²) in [5.41, 5.74) is 3.06. The molecule has 0 radical (unpaired) electrons. The molecular weight excluding hydrogens is 220 g/mol. The van der Waals surface area contributed by atoms with Crippen molar-refractivity contribution in [3.63, 3.8) is 0 Å². The lowest BCUT2D eigenvalue weighted by molar-refractivity contribution is 0.328. The second-order valence-electron chi connectivity index (χ2n) is 6.02. The third kappa shape index (κ3) is 2.03. The molecule has 0 amide bonds. The molecule has 2 nitrogen and oxygen atoms in total. The maximum absolute atomic E-state index is 3.57. The molecule has 2 heteroatoms. The van der Waals surface area contributed by atoms with E-state index in [9.17, 15) is 0 Å². The van der Waals surface area contributed by atoms with Crippen LogP contribution < -0.4 is 10.2 Å². The van der Waals surface area contributed by atoms with Crippen LogP contribution in [0.4, 0.5) is 5.69 Å². The van der Waals surface area contributed by atoms with Gasteiger partial charge in [-0.3, -0.25) is 0 Å². The van der Waals surface area contributed by atoms with Crippen LogP contribution in [0.5, 0.6) is 0 Å². The first-order valence-electron chi connectivity index (χ1n) is 7.33. The van der Waals surface area contributed by atoms with E-state index >= 15 is 0 Å². The fourth-order valence-electron chi connectivity index (χ4n) is 3.59. The lowest BCUT2D eigenvalue weighted by Gasteiger charge is -2.30. The van der Waals surface area contributed by atoms with Gasteiger partial charge in [0.2, 0.25) is 0 Å². The number of rotatable bonds is 2. The van der Waals surface area contributed by atoms with Crippen LogP contribution in [-0.4, -0.2) is 25.7 Å². The van der Waals surface area contributed by atoms with Gasteiger partial charge in [0.05, 0.1) is 0 Å². The Kier molecular flexibility index (Phi) is 3.29. The normalized spacial score (nSPS) is 27.6. The summed E-state index contributed by atoms with van der Waals surface area (Å²) in [6.07, 6.45) is 2.73. The molecule has 0 aromatic heterocycles. The number of anilines is 1. The van der Waals surface area contributed by atoms with Crippen LogP contribution in [0.25, 0.3) is 0 Å². The zero-order valence-corrected chi connectivity index (χ0v) is 11.5. The van der Waals surface area contributed by atoms with Crippen molar-refractivity contribution in [1.29, 1.82) is 0 Å². The minimum absolute atomic E-state index is 0.604. The van der Waals surface area contributed by atoms with Crippen molar-refractivity contribution in [2.75, 3.05) is 24.5 Å². The monoisotopic (exact) mass is 244 g/mol. The van der Waals surface area contributed by atoms with Gasteiger partial charge in [-0.1, -0.05) is 18.2 Å². The van der Waals surface area contributed by atoms with Gasteiger partial charge >= 0.3 is 0 Å². The van der Waals surface area contributed by atoms with Crippen molar-refractivity contribution >= 4 is 5.69 Å². The molecule has 3 rings (SSSR count). The van der Waals surface area contributed by atoms with E-state index in [0.717, 1.165) is 11.8 Å². The third-order valence-corrected chi connectivity index (χ3v) is 4.57. The van der Waals surface area contributed by atoms with Gasteiger partial charge in [0.15, 0.2) is 0 Å². The summed E-state index contributed by atoms with van der Waals surface area (Å²) in [7, 11) is 0. The van der Waals surface area contributed by atoms with E-state index in [0.29, 0.717) is 6.04 Å². The molecule has 1 aromatic carbocycles. The quantitative estimate of drug-likeness (QED) is 0.860. The van der Waals surface area contributed by atoms with Crippen molar-refractivity contribution in [3.05, 3.63) is 29.8 Å². The average Bonchev–Trinajstić information content (AvgIpc) is 2.79. The number of nitrogens with one attached hydrogen (secondary N) is 1. The molecule has 2 aliphatic rings. The molecule has 0 bridgehead atoms. The molecule has 0 saturated carbocycles. The van der Waals surface area contributed by atoms with Crippen molar-refractivity contribution in [3.8, 4) is 0 Å². The molecule has 2 heterocycles. The summed E-state index contributed by atoms with van der Waals surface area (Å²) < 4.78 is 0. The maximum atomic E-state index is 3.57. The van der Waals surface area contributed by atoms with Crippen molar-refractivity contribution in [2.45, 2.75) is 38.6 Å². The standard InChI is InChI=1S/C16H24N2/c1-12(2)18-11-15(13-6-5-9-17-10-13)14-7-3-4-8-16(14)18/h3-4,7-8,12-13,15,17H,5-6,9-11H2,1-2H3. The van der Waals surface area contributed by atoms with Gasteiger partial charge in [0.1, 0.15) is 0 Å². The highest BCUT2D eigenvalue weighted by atomic mass is 15.2. The van der Waals surface area contributed by atoms with Crippen molar-refractivity contribution in [1.82, 2.24) is 5.32 Å². The Morgan fingerprint density at radius 1 is 1.28 bits per heavy atom. The van der Waals surface area contributed by atoms with E-state index in [4.69, 9.17) is 0 Å². The zero-order chi connectivity index (χ0) is 12.5. The highest BCUT2D eigenvalue weighted by Gasteiger charge is 2.35. The maximum Gasteiger partial charge on any atom is 0.0404 e. The number of fused-ring (bicyclic) bond motifs is 1. The summed E-state index contributed by atoms with van der Waals surface area (Å²) in [5, 5.41) is 3.57. The summed E-state index contributed by atoms with van der Waals surface area (Å²) in [4.78, 5) is 2.58. The second kappa shape index (κ2) is 4.93. The van der Waals surface area contributed by atoms with Gasteiger partial charge < -0.3 is 10.2 Å². The van der Waals surface area contributed by atoms with Gasteiger partial charge in [0.25, 0.3) is 0 Å². The van der Waals surface area contributed by atoms with Gasteiger partial charge in [0, 0.05) is 24.2 Å². The molecule has 1 N–H and O–H groups in total. The summed E-state index contributed by atoms with van der Waals surface area (Å²) in [5.74, 6) is 1.56. The smallest absolute Gasteiger partial charge is 0.0404 e. The Balaban J connectivity index is 1.89. The van der Waals surface area contributed by atoms with Crippen LogP contribution in [0.3, 0.4) is 0 Å². The predicted molar refractivity (Wildman–Crippen MR) is 77.3 cm³/mol. The zero-order valence-electron chi connectivity index (χ0n) is 11.5. The molecule has 2 unspecified atom stereocenters. The highest BCUT2D eigenvalue weighted by Crippen LogP contribution is 2.42. The molecule has 1 aromatic rings. The first-order chi connectivity index (χ1) is 8.77. The lowest BCUT2D eigenvalue weighted by Crippen LogP contribution is -2.36. The highest BCUT2D eigenvalue weighted by molar-refractivity contribution is 5.61. The van der Waals surface area contributed by atoms with Crippen LogP contribution in [-0.2, 0) is 0 Å². The Bertz CT molecular complexity index is 407. The minimum atomic E-state index is 0.604. The Labute approximate surface area is 110 Å². The molecule has 2 aliphatic heterocycles. The lowest BCUT2D eigenvalue weighted by atomic mass is 9.83. The summed E-state index contributed by atoms with van der Waals surface area (Å²) >= 11 is 0. The summed E-state index contributed by atoms with van der Waals surface area (Å²) in [6, 6.07) is 9.62. The largest absolute Gasteiger partial charge is 0.368 e. The number of benzene rings is 1. The van der Waals surface area contributed by atoms with Crippen LogP contribution in [0.15, 0.2) is 24.3 Å². The van der Waals surface area contributed by atoms with Gasteiger partial charge in [-0.15, -0.1) is 0 Å². The topological polar surface area (TPSA) is 15.3 Å². The molecule has 0 spiro atoms. The molecule has 18 heavy (non-hydrogen) atoms. The van der Waals surface area contributed by atoms with Gasteiger partial charge in [-0.2, -0.15) is 0 Å². The van der Waals surface area contributed by atoms with Crippen LogP contribution >= 0.6 is 0 Å². The Morgan fingerprint density at radius 2 is 2.11 bits per heavy atom. The SMILES string of the molecule is CC(C)N1CC(C2CCCNC2)c2ccccc21. The number of hydrogen-bond donors (Lipinski definition) is 1. The first-order valence-corrected chi connectivity index (χ1v) is 7.33. The number of hydrogen-bond acceptors (Lipinski definition) is 2. The van der Waals surface area contributed by atoms with Gasteiger partial charge in [-0.05, 0) is 57.3 Å². The Hall–Kier alpha value is -1.02. The fraction of sp³-hybridized carbons (Fsp3) is 0.625. The first kappa shape index (κ1) is 12.0. The van der Waals surface area contributed by atoms with Crippen molar-refractivity contribution in [2.24, 2.45) is 5.92 Å². The summed E-state index contributed by atoms with van der Waals surface area (Å²) in [6.45, 7) is 8.23. The number of para-hydroxylation sites is 1. The molecule has 0 aliphatic carbocycles. The molecule has 1 fully saturated rings. The minimum Gasteiger partial charge on any atom is -0.368 e. The van der Waals surface area contributed by atoms with E-state index in [1.165, 1.54) is 38.2 Å². The molecule has 1 saturated heterocycles. The predicted octanol–water partition coefficient (Wildman–Crippen LogP) is 3.00. The van der Waals surface area contributed by atoms with E-state index in [-0.39, 0.29) is 0 Å². The van der Waals surface area contributed by atoms with E-state index in [1.54, 1.807) is 5.56 Å². The average molecular weight is 244 g/mol. The third-order valence-electron chi connectivity index (χ3n) is 4.57. The van der Waals surface area contributed by atoms with E-state index in [2.05, 4.69) is 48.3 Å². The number of nitrogens with zero attached hydrogens (tertiary/aromatic N) is 1. The van der Waals surface area contributed by atoms with E-state index in [1.807, 2.05) is 0 Å². The Morgan fingerprint density at radius 3 is 2.83 bits per heavy atom. The van der Waals surface area contributed by atoms with Crippen LogP contribution in [0, 0.1) is 5.92 Å². The van der Waals surface area contributed by atoms with Crippen molar-refractivity contribution < 1.29 is 0 Å². The fourth-order valence-corrected chi connectivity index (χ4v) is 3.59. The molecular formula is C16H24N2. The van der Waals surface area contributed by atoms with Crippen LogP contribution in [0.2, 0.25) is 0 Å². The number of piperidine rings is 1. The van der Waals surface area contributed by atoms with E-state index < -0.39 is 0 Å². The van der Waals surface area contributed by atoms with Crippen LogP contribution in [0.1, 0.15) is 38.2 Å².